The lowest BCUT2D eigenvalue weighted by Gasteiger charge is -2.31. The average molecular weight is 441 g/mol. The molecule has 7 heteroatoms. The topological polar surface area (TPSA) is 80.5 Å². The molecule has 0 aliphatic carbocycles. The molecule has 0 aromatic heterocycles. The number of aliphatic imine (C=N–C) groups is 1. The fourth-order valence-corrected chi connectivity index (χ4v) is 2.55. The molecule has 130 valence electrons. The van der Waals surface area contributed by atoms with Gasteiger partial charge >= 0.3 is 0 Å². The number of benzene rings is 1. The molecule has 1 amide bonds. The van der Waals surface area contributed by atoms with Crippen molar-refractivity contribution in [2.75, 3.05) is 20.1 Å². The number of likely N-dealkylation sites (N-methyl/N-ethyl adjacent to an activating group) is 1. The van der Waals surface area contributed by atoms with Crippen LogP contribution in [0.15, 0.2) is 29.3 Å². The predicted octanol–water partition coefficient (Wildman–Crippen LogP) is 1.85. The van der Waals surface area contributed by atoms with Gasteiger partial charge in [-0.2, -0.15) is 5.26 Å². The Morgan fingerprint density at radius 2 is 2.29 bits per heavy atom. The number of halogens is 1. The van der Waals surface area contributed by atoms with Crippen molar-refractivity contribution in [2.45, 2.75) is 32.4 Å². The van der Waals surface area contributed by atoms with Crippen LogP contribution in [0.2, 0.25) is 0 Å². The lowest BCUT2D eigenvalue weighted by atomic mass is 10.1. The normalized spacial score (nSPS) is 17.7. The Morgan fingerprint density at radius 1 is 1.50 bits per heavy atom. The van der Waals surface area contributed by atoms with Crippen molar-refractivity contribution in [3.63, 3.8) is 0 Å². The summed E-state index contributed by atoms with van der Waals surface area (Å²) in [4.78, 5) is 17.9. The van der Waals surface area contributed by atoms with E-state index in [1.54, 1.807) is 11.0 Å². The van der Waals surface area contributed by atoms with E-state index in [1.165, 1.54) is 0 Å². The molecule has 0 radical (unpaired) electrons. The number of amides is 1. The first-order valence-electron chi connectivity index (χ1n) is 7.90. The Hall–Kier alpha value is -1.82. The monoisotopic (exact) mass is 441 g/mol. The number of piperidine rings is 1. The summed E-state index contributed by atoms with van der Waals surface area (Å²) in [6, 6.07) is 9.80. The van der Waals surface area contributed by atoms with Crippen LogP contribution in [0.1, 0.15) is 30.9 Å². The number of carbonyl (C=O) groups excluding carboxylic acids is 1. The van der Waals surface area contributed by atoms with Gasteiger partial charge in [-0.3, -0.25) is 4.79 Å². The van der Waals surface area contributed by atoms with Gasteiger partial charge in [0.1, 0.15) is 0 Å². The minimum atomic E-state index is 0. The molecule has 1 unspecified atom stereocenters. The van der Waals surface area contributed by atoms with Gasteiger partial charge in [-0.25, -0.2) is 4.99 Å². The molecule has 6 nitrogen and oxygen atoms in total. The SMILES string of the molecule is CCNC(=NCc1cccc(C#N)c1)NC1CCC(=O)N(C)C1.I. The van der Waals surface area contributed by atoms with Gasteiger partial charge in [-0.05, 0) is 31.0 Å². The van der Waals surface area contributed by atoms with Crippen molar-refractivity contribution >= 4 is 35.8 Å². The summed E-state index contributed by atoms with van der Waals surface area (Å²) in [6.45, 7) is 3.98. The first kappa shape index (κ1) is 20.2. The van der Waals surface area contributed by atoms with Crippen molar-refractivity contribution < 1.29 is 4.79 Å². The Bertz CT molecular complexity index is 626. The third-order valence-electron chi connectivity index (χ3n) is 3.79. The molecule has 1 atom stereocenters. The third-order valence-corrected chi connectivity index (χ3v) is 3.79. The highest BCUT2D eigenvalue weighted by molar-refractivity contribution is 14.0. The van der Waals surface area contributed by atoms with E-state index in [1.807, 2.05) is 32.2 Å². The molecule has 24 heavy (non-hydrogen) atoms. The van der Waals surface area contributed by atoms with E-state index >= 15 is 0 Å². The first-order chi connectivity index (χ1) is 11.1. The first-order valence-corrected chi connectivity index (χ1v) is 7.90. The summed E-state index contributed by atoms with van der Waals surface area (Å²) in [5, 5.41) is 15.6. The van der Waals surface area contributed by atoms with Gasteiger partial charge in [0.05, 0.1) is 18.2 Å². The molecule has 0 bridgehead atoms. The summed E-state index contributed by atoms with van der Waals surface area (Å²) in [5.41, 5.74) is 1.64. The lowest BCUT2D eigenvalue weighted by molar-refractivity contribution is -0.132. The Kier molecular flexibility index (Phi) is 8.54. The van der Waals surface area contributed by atoms with E-state index in [-0.39, 0.29) is 35.9 Å². The van der Waals surface area contributed by atoms with Crippen LogP contribution in [0.4, 0.5) is 0 Å². The van der Waals surface area contributed by atoms with E-state index in [2.05, 4.69) is 21.7 Å². The van der Waals surface area contributed by atoms with Crippen LogP contribution in [0.25, 0.3) is 0 Å². The van der Waals surface area contributed by atoms with Crippen LogP contribution in [0, 0.1) is 11.3 Å². The number of likely N-dealkylation sites (tertiary alicyclic amines) is 1. The van der Waals surface area contributed by atoms with Crippen LogP contribution in [-0.2, 0) is 11.3 Å². The number of carbonyl (C=O) groups is 1. The Morgan fingerprint density at radius 3 is 2.96 bits per heavy atom. The van der Waals surface area contributed by atoms with Crippen LogP contribution in [0.5, 0.6) is 0 Å². The maximum absolute atomic E-state index is 11.5. The van der Waals surface area contributed by atoms with Gasteiger partial charge in [-0.1, -0.05) is 12.1 Å². The molecule has 1 fully saturated rings. The number of rotatable bonds is 4. The molecule has 1 heterocycles. The molecule has 1 aromatic rings. The number of guanidine groups is 1. The highest BCUT2D eigenvalue weighted by Gasteiger charge is 2.23. The zero-order valence-electron chi connectivity index (χ0n) is 14.1. The molecular weight excluding hydrogens is 417 g/mol. The zero-order chi connectivity index (χ0) is 16.7. The van der Waals surface area contributed by atoms with Crippen LogP contribution in [-0.4, -0.2) is 42.9 Å². The summed E-state index contributed by atoms with van der Waals surface area (Å²) >= 11 is 0. The van der Waals surface area contributed by atoms with Gasteiger partial charge in [0, 0.05) is 32.6 Å². The number of nitrogens with one attached hydrogen (secondary N) is 2. The van der Waals surface area contributed by atoms with Crippen LogP contribution in [0.3, 0.4) is 0 Å². The number of nitrogens with zero attached hydrogens (tertiary/aromatic N) is 3. The molecule has 1 aromatic carbocycles. The summed E-state index contributed by atoms with van der Waals surface area (Å²) in [7, 11) is 1.83. The van der Waals surface area contributed by atoms with E-state index in [9.17, 15) is 4.79 Å². The molecule has 2 rings (SSSR count). The predicted molar refractivity (Wildman–Crippen MR) is 105 cm³/mol. The number of hydrogen-bond donors (Lipinski definition) is 2. The smallest absolute Gasteiger partial charge is 0.222 e. The standard InChI is InChI=1S/C17H23N5O.HI/c1-3-19-17(21-15-7-8-16(23)22(2)12-15)20-11-14-6-4-5-13(9-14)10-18;/h4-6,9,15H,3,7-8,11-12H2,1-2H3,(H2,19,20,21);1H. The van der Waals surface area contributed by atoms with Crippen molar-refractivity contribution in [3.8, 4) is 6.07 Å². The Balaban J connectivity index is 0.00000288. The van der Waals surface area contributed by atoms with Crippen molar-refractivity contribution in [2.24, 2.45) is 4.99 Å². The second kappa shape index (κ2) is 10.1. The number of hydrogen-bond acceptors (Lipinski definition) is 3. The molecule has 0 saturated carbocycles. The molecule has 0 spiro atoms. The highest BCUT2D eigenvalue weighted by atomic mass is 127. The van der Waals surface area contributed by atoms with Gasteiger partial charge in [0.2, 0.25) is 5.91 Å². The molecule has 1 saturated heterocycles. The highest BCUT2D eigenvalue weighted by Crippen LogP contribution is 2.10. The maximum Gasteiger partial charge on any atom is 0.222 e. The van der Waals surface area contributed by atoms with E-state index in [0.717, 1.165) is 24.5 Å². The Labute approximate surface area is 160 Å². The largest absolute Gasteiger partial charge is 0.357 e. The van der Waals surface area contributed by atoms with E-state index in [0.29, 0.717) is 25.1 Å². The van der Waals surface area contributed by atoms with Crippen molar-refractivity contribution in [3.05, 3.63) is 35.4 Å². The molecule has 1 aliphatic rings. The second-order valence-electron chi connectivity index (χ2n) is 5.66. The van der Waals surface area contributed by atoms with Gasteiger partial charge in [0.15, 0.2) is 5.96 Å². The van der Waals surface area contributed by atoms with E-state index in [4.69, 9.17) is 5.26 Å². The van der Waals surface area contributed by atoms with Crippen molar-refractivity contribution in [1.29, 1.82) is 5.26 Å². The fourth-order valence-electron chi connectivity index (χ4n) is 2.55. The zero-order valence-corrected chi connectivity index (χ0v) is 16.4. The van der Waals surface area contributed by atoms with Gasteiger partial charge < -0.3 is 15.5 Å². The molecule has 2 N–H and O–H groups in total. The summed E-state index contributed by atoms with van der Waals surface area (Å²) in [6.07, 6.45) is 1.38. The van der Waals surface area contributed by atoms with E-state index < -0.39 is 0 Å². The van der Waals surface area contributed by atoms with Crippen LogP contribution >= 0.6 is 24.0 Å². The molecule has 1 aliphatic heterocycles. The van der Waals surface area contributed by atoms with Gasteiger partial charge in [0.25, 0.3) is 0 Å². The summed E-state index contributed by atoms with van der Waals surface area (Å²) < 4.78 is 0. The van der Waals surface area contributed by atoms with Gasteiger partial charge in [-0.15, -0.1) is 24.0 Å². The van der Waals surface area contributed by atoms with Crippen molar-refractivity contribution in [1.82, 2.24) is 15.5 Å². The molecular formula is C17H24IN5O. The summed E-state index contributed by atoms with van der Waals surface area (Å²) in [5.74, 6) is 0.931. The average Bonchev–Trinajstić information content (AvgIpc) is 2.56. The lowest BCUT2D eigenvalue weighted by Crippen LogP contribution is -2.51. The van der Waals surface area contributed by atoms with Crippen LogP contribution < -0.4 is 10.6 Å². The quantitative estimate of drug-likeness (QED) is 0.425. The number of nitriles is 1. The second-order valence-corrected chi connectivity index (χ2v) is 5.66. The minimum absolute atomic E-state index is 0. The third kappa shape index (κ3) is 6.00. The maximum atomic E-state index is 11.5. The fraction of sp³-hybridized carbons (Fsp3) is 0.471. The minimum Gasteiger partial charge on any atom is -0.357 e.